The Morgan fingerprint density at radius 2 is 1.64 bits per heavy atom. The topological polar surface area (TPSA) is 58.2 Å². The summed E-state index contributed by atoms with van der Waals surface area (Å²) in [5.41, 5.74) is 5.92. The van der Waals surface area contributed by atoms with Gasteiger partial charge < -0.3 is 10.6 Å². The van der Waals surface area contributed by atoms with Crippen molar-refractivity contribution >= 4 is 11.7 Å². The summed E-state index contributed by atoms with van der Waals surface area (Å²) in [7, 11) is 0. The quantitative estimate of drug-likeness (QED) is 0.844. The van der Waals surface area contributed by atoms with Crippen LogP contribution in [0.2, 0.25) is 0 Å². The summed E-state index contributed by atoms with van der Waals surface area (Å²) in [5, 5.41) is 6.50. The first-order chi connectivity index (χ1) is 12.2. The third-order valence-corrected chi connectivity index (χ3v) is 5.93. The maximum atomic E-state index is 12.6. The van der Waals surface area contributed by atoms with Crippen LogP contribution in [-0.4, -0.2) is 31.3 Å². The number of aryl methyl sites for hydroxylation is 1. The normalized spacial score (nSPS) is 24.3. The Bertz CT molecular complexity index is 903. The number of benzene rings is 2. The van der Waals surface area contributed by atoms with Gasteiger partial charge in [0.2, 0.25) is 0 Å². The minimum atomic E-state index is 0.0171. The Morgan fingerprint density at radius 3 is 2.52 bits per heavy atom. The van der Waals surface area contributed by atoms with Gasteiger partial charge in [-0.2, -0.15) is 0 Å². The van der Waals surface area contributed by atoms with Crippen LogP contribution < -0.4 is 10.6 Å². The second kappa shape index (κ2) is 5.53. The van der Waals surface area contributed by atoms with Crippen molar-refractivity contribution in [2.45, 2.75) is 18.8 Å². The molecule has 4 heteroatoms. The molecule has 2 heterocycles. The highest BCUT2D eigenvalue weighted by molar-refractivity contribution is 6.02. The van der Waals surface area contributed by atoms with E-state index in [1.54, 1.807) is 0 Å². The zero-order valence-electron chi connectivity index (χ0n) is 14.0. The Labute approximate surface area is 146 Å². The summed E-state index contributed by atoms with van der Waals surface area (Å²) in [6.45, 7) is 2.62. The molecular formula is C21H20N2O2. The van der Waals surface area contributed by atoms with Crippen molar-refractivity contribution in [2.75, 3.05) is 19.6 Å². The minimum absolute atomic E-state index is 0.0171. The largest absolute Gasteiger partial charge is 0.352 e. The molecule has 2 N–H and O–H groups in total. The molecule has 4 nitrogen and oxygen atoms in total. The van der Waals surface area contributed by atoms with Crippen LogP contribution in [0.1, 0.15) is 44.2 Å². The molecule has 5 rings (SSSR count). The number of carbonyl (C=O) groups excluding carboxylic acids is 2. The number of rotatable bonds is 1. The maximum absolute atomic E-state index is 12.6. The van der Waals surface area contributed by atoms with Crippen LogP contribution in [0.4, 0.5) is 0 Å². The summed E-state index contributed by atoms with van der Waals surface area (Å²) >= 11 is 0. The maximum Gasteiger partial charge on any atom is 0.251 e. The van der Waals surface area contributed by atoms with Crippen LogP contribution in [0.5, 0.6) is 0 Å². The van der Waals surface area contributed by atoms with E-state index in [2.05, 4.69) is 34.9 Å². The van der Waals surface area contributed by atoms with E-state index in [-0.39, 0.29) is 11.7 Å². The lowest BCUT2D eigenvalue weighted by Gasteiger charge is -2.17. The van der Waals surface area contributed by atoms with Crippen LogP contribution in [0.15, 0.2) is 36.4 Å². The number of nitrogens with one attached hydrogen (secondary N) is 2. The first kappa shape index (κ1) is 14.8. The predicted octanol–water partition coefficient (Wildman–Crippen LogP) is 2.53. The van der Waals surface area contributed by atoms with Gasteiger partial charge in [-0.25, -0.2) is 0 Å². The molecule has 2 unspecified atom stereocenters. The van der Waals surface area contributed by atoms with Crippen LogP contribution in [-0.2, 0) is 6.42 Å². The molecule has 2 aromatic carbocycles. The first-order valence-corrected chi connectivity index (χ1v) is 9.00. The molecule has 2 aliphatic heterocycles. The Morgan fingerprint density at radius 1 is 0.840 bits per heavy atom. The highest BCUT2D eigenvalue weighted by atomic mass is 16.1. The molecule has 2 aromatic rings. The predicted molar refractivity (Wildman–Crippen MR) is 96.0 cm³/mol. The van der Waals surface area contributed by atoms with Gasteiger partial charge in [0.25, 0.3) is 5.91 Å². The number of ketones is 1. The minimum Gasteiger partial charge on any atom is -0.352 e. The molecule has 3 aliphatic rings. The van der Waals surface area contributed by atoms with Crippen LogP contribution >= 0.6 is 0 Å². The molecule has 0 bridgehead atoms. The van der Waals surface area contributed by atoms with Crippen molar-refractivity contribution in [1.82, 2.24) is 10.6 Å². The van der Waals surface area contributed by atoms with Gasteiger partial charge in [0.1, 0.15) is 0 Å². The molecule has 0 saturated carbocycles. The fourth-order valence-electron chi connectivity index (χ4n) is 4.50. The van der Waals surface area contributed by atoms with Crippen molar-refractivity contribution < 1.29 is 9.59 Å². The summed E-state index contributed by atoms with van der Waals surface area (Å²) < 4.78 is 0. The van der Waals surface area contributed by atoms with Gasteiger partial charge in [-0.1, -0.05) is 24.3 Å². The highest BCUT2D eigenvalue weighted by Gasteiger charge is 2.34. The molecular weight excluding hydrogens is 312 g/mol. The Kier molecular flexibility index (Phi) is 3.28. The van der Waals surface area contributed by atoms with Crippen LogP contribution in [0.25, 0.3) is 11.1 Å². The van der Waals surface area contributed by atoms with E-state index < -0.39 is 0 Å². The summed E-state index contributed by atoms with van der Waals surface area (Å²) in [4.78, 5) is 24.6. The lowest BCUT2D eigenvalue weighted by Crippen LogP contribution is -2.28. The molecule has 0 spiro atoms. The van der Waals surface area contributed by atoms with Gasteiger partial charge in [-0.05, 0) is 46.7 Å². The van der Waals surface area contributed by atoms with Crippen molar-refractivity contribution in [1.29, 1.82) is 0 Å². The van der Waals surface area contributed by atoms with Crippen molar-refractivity contribution in [3.8, 4) is 11.1 Å². The number of hydrogen-bond donors (Lipinski definition) is 2. The average Bonchev–Trinajstić information content (AvgIpc) is 3.23. The summed E-state index contributed by atoms with van der Waals surface area (Å²) in [6.07, 6.45) is 1.46. The SMILES string of the molecule is O=C1CCc2ccc(-c3ccc4c(c3)C(=O)NCC3CNCC43)cc21. The van der Waals surface area contributed by atoms with Crippen LogP contribution in [0.3, 0.4) is 0 Å². The monoisotopic (exact) mass is 332 g/mol. The number of amides is 1. The first-order valence-electron chi connectivity index (χ1n) is 9.00. The van der Waals surface area contributed by atoms with Gasteiger partial charge in [-0.15, -0.1) is 0 Å². The summed E-state index contributed by atoms with van der Waals surface area (Å²) in [6, 6.07) is 12.3. The van der Waals surface area contributed by atoms with E-state index in [4.69, 9.17) is 0 Å². The molecule has 1 saturated heterocycles. The molecule has 25 heavy (non-hydrogen) atoms. The molecule has 1 aliphatic carbocycles. The lowest BCUT2D eigenvalue weighted by molar-refractivity contribution is 0.0951. The van der Waals surface area contributed by atoms with E-state index in [1.807, 2.05) is 12.1 Å². The van der Waals surface area contributed by atoms with Gasteiger partial charge in [0, 0.05) is 43.1 Å². The lowest BCUT2D eigenvalue weighted by atomic mass is 9.86. The van der Waals surface area contributed by atoms with Gasteiger partial charge in [-0.3, -0.25) is 9.59 Å². The Balaban J connectivity index is 1.60. The second-order valence-electron chi connectivity index (χ2n) is 7.33. The molecule has 1 amide bonds. The Hall–Kier alpha value is -2.46. The summed E-state index contributed by atoms with van der Waals surface area (Å²) in [5.74, 6) is 1.10. The van der Waals surface area contributed by atoms with Crippen molar-refractivity contribution in [3.63, 3.8) is 0 Å². The molecule has 2 atom stereocenters. The van der Waals surface area contributed by atoms with Crippen molar-refractivity contribution in [2.24, 2.45) is 5.92 Å². The standard InChI is InChI=1S/C21H20N2O2/c24-20-6-4-12-1-2-13(7-17(12)20)14-3-5-16-18(8-14)21(25)23-10-15-9-22-11-19(15)16/h1-3,5,7-8,15,19,22H,4,6,9-11H2,(H,23,25). The zero-order valence-corrected chi connectivity index (χ0v) is 14.0. The van der Waals surface area contributed by atoms with E-state index in [1.165, 1.54) is 0 Å². The van der Waals surface area contributed by atoms with E-state index >= 15 is 0 Å². The third kappa shape index (κ3) is 2.32. The van der Waals surface area contributed by atoms with Crippen LogP contribution in [0, 0.1) is 5.92 Å². The fraction of sp³-hybridized carbons (Fsp3) is 0.333. The zero-order chi connectivity index (χ0) is 17.0. The van der Waals surface area contributed by atoms with Crippen molar-refractivity contribution in [3.05, 3.63) is 58.7 Å². The van der Waals surface area contributed by atoms with E-state index in [0.29, 0.717) is 18.3 Å². The van der Waals surface area contributed by atoms with E-state index in [9.17, 15) is 9.59 Å². The van der Waals surface area contributed by atoms with Gasteiger partial charge in [0.05, 0.1) is 0 Å². The number of Topliss-reactive ketones (excluding diaryl/α,β-unsaturated/α-hetero) is 1. The highest BCUT2D eigenvalue weighted by Crippen LogP contribution is 2.35. The molecule has 0 radical (unpaired) electrons. The smallest absolute Gasteiger partial charge is 0.251 e. The van der Waals surface area contributed by atoms with E-state index in [0.717, 1.165) is 59.4 Å². The average molecular weight is 332 g/mol. The fourth-order valence-corrected chi connectivity index (χ4v) is 4.50. The third-order valence-electron chi connectivity index (χ3n) is 5.93. The molecule has 0 aromatic heterocycles. The van der Waals surface area contributed by atoms with Gasteiger partial charge in [0.15, 0.2) is 5.78 Å². The number of fused-ring (bicyclic) bond motifs is 4. The second-order valence-corrected chi connectivity index (χ2v) is 7.33. The molecule has 1 fully saturated rings. The molecule has 126 valence electrons. The number of carbonyl (C=O) groups is 2. The van der Waals surface area contributed by atoms with Gasteiger partial charge >= 0.3 is 0 Å². The number of hydrogen-bond acceptors (Lipinski definition) is 3.